The van der Waals surface area contributed by atoms with Gasteiger partial charge in [-0.15, -0.1) is 0 Å². The highest BCUT2D eigenvalue weighted by atomic mass is 32.2. The number of rotatable bonds is 4. The van der Waals surface area contributed by atoms with Crippen LogP contribution in [0.1, 0.15) is 0 Å². The van der Waals surface area contributed by atoms with Crippen LogP contribution in [0.2, 0.25) is 0 Å². The van der Waals surface area contributed by atoms with Gasteiger partial charge in [0.05, 0.1) is 5.75 Å². The largest absolute Gasteiger partial charge is 0.330 e. The van der Waals surface area contributed by atoms with E-state index in [1.54, 1.807) is 0 Å². The number of nitrogens with two attached hydrogens (primary N) is 1. The molecule has 0 saturated heterocycles. The Labute approximate surface area is 56.4 Å². The molecule has 0 saturated carbocycles. The minimum absolute atomic E-state index is 0.0722. The molecule has 0 radical (unpaired) electrons. The SMILES string of the molecule is C=C(F)CS(=O)CCN. The van der Waals surface area contributed by atoms with Gasteiger partial charge in [0.25, 0.3) is 0 Å². The Morgan fingerprint density at radius 1 is 1.78 bits per heavy atom. The Kier molecular flexibility index (Phi) is 4.53. The summed E-state index contributed by atoms with van der Waals surface area (Å²) in [5.41, 5.74) is 5.06. The highest BCUT2D eigenvalue weighted by Crippen LogP contribution is 1.93. The molecule has 0 spiro atoms. The first-order chi connectivity index (χ1) is 4.16. The highest BCUT2D eigenvalue weighted by molar-refractivity contribution is 7.85. The van der Waals surface area contributed by atoms with Crippen LogP contribution in [0.4, 0.5) is 4.39 Å². The monoisotopic (exact) mass is 151 g/mol. The van der Waals surface area contributed by atoms with Gasteiger partial charge in [-0.25, -0.2) is 4.39 Å². The van der Waals surface area contributed by atoms with Crippen molar-refractivity contribution in [2.75, 3.05) is 18.1 Å². The molecule has 0 heterocycles. The van der Waals surface area contributed by atoms with Crippen molar-refractivity contribution in [2.45, 2.75) is 0 Å². The quantitative estimate of drug-likeness (QED) is 0.622. The van der Waals surface area contributed by atoms with Gasteiger partial charge in [-0.1, -0.05) is 6.58 Å². The third-order valence-corrected chi connectivity index (χ3v) is 1.99. The topological polar surface area (TPSA) is 43.1 Å². The average Bonchev–Trinajstić information content (AvgIpc) is 1.63. The lowest BCUT2D eigenvalue weighted by Crippen LogP contribution is -2.12. The van der Waals surface area contributed by atoms with E-state index in [-0.39, 0.29) is 5.75 Å². The van der Waals surface area contributed by atoms with E-state index in [1.165, 1.54) is 0 Å². The first-order valence-electron chi connectivity index (χ1n) is 2.55. The van der Waals surface area contributed by atoms with Crippen LogP contribution in [0.5, 0.6) is 0 Å². The molecule has 54 valence electrons. The first kappa shape index (κ1) is 8.78. The summed E-state index contributed by atoms with van der Waals surface area (Å²) in [6.07, 6.45) is 0. The predicted molar refractivity (Wildman–Crippen MR) is 37.2 cm³/mol. The van der Waals surface area contributed by atoms with Crippen molar-refractivity contribution in [3.8, 4) is 0 Å². The zero-order valence-electron chi connectivity index (χ0n) is 5.10. The molecule has 0 aromatic carbocycles. The van der Waals surface area contributed by atoms with Crippen molar-refractivity contribution >= 4 is 10.8 Å². The van der Waals surface area contributed by atoms with Crippen molar-refractivity contribution in [3.63, 3.8) is 0 Å². The zero-order valence-corrected chi connectivity index (χ0v) is 5.92. The van der Waals surface area contributed by atoms with Gasteiger partial charge in [0.15, 0.2) is 0 Å². The molecule has 0 aliphatic carbocycles. The molecule has 0 amide bonds. The lowest BCUT2D eigenvalue weighted by atomic mass is 10.7. The van der Waals surface area contributed by atoms with Gasteiger partial charge in [0.2, 0.25) is 0 Å². The maximum Gasteiger partial charge on any atom is 0.105 e. The first-order valence-corrected chi connectivity index (χ1v) is 4.04. The van der Waals surface area contributed by atoms with Gasteiger partial charge >= 0.3 is 0 Å². The van der Waals surface area contributed by atoms with E-state index in [4.69, 9.17) is 5.73 Å². The fraction of sp³-hybridized carbons (Fsp3) is 0.600. The molecular weight excluding hydrogens is 141 g/mol. The standard InChI is InChI=1S/C5H10FNOS/c1-5(6)4-9(8)3-2-7/h1-4,7H2. The van der Waals surface area contributed by atoms with Gasteiger partial charge in [-0.2, -0.15) is 0 Å². The molecule has 9 heavy (non-hydrogen) atoms. The summed E-state index contributed by atoms with van der Waals surface area (Å²) >= 11 is 0. The van der Waals surface area contributed by atoms with Crippen molar-refractivity contribution in [2.24, 2.45) is 5.73 Å². The maximum absolute atomic E-state index is 11.8. The highest BCUT2D eigenvalue weighted by Gasteiger charge is 1.98. The van der Waals surface area contributed by atoms with Crippen molar-refractivity contribution < 1.29 is 8.60 Å². The summed E-state index contributed by atoms with van der Waals surface area (Å²) in [6.45, 7) is 3.31. The fourth-order valence-corrected chi connectivity index (χ4v) is 1.13. The number of hydrogen-bond acceptors (Lipinski definition) is 2. The molecule has 0 aliphatic rings. The Morgan fingerprint density at radius 2 is 2.33 bits per heavy atom. The Hall–Kier alpha value is -0.220. The number of hydrogen-bond donors (Lipinski definition) is 1. The molecule has 0 fully saturated rings. The molecule has 1 atom stereocenters. The second kappa shape index (κ2) is 4.64. The van der Waals surface area contributed by atoms with E-state index in [9.17, 15) is 8.60 Å². The summed E-state index contributed by atoms with van der Waals surface area (Å²) in [4.78, 5) is 0. The van der Waals surface area contributed by atoms with Crippen molar-refractivity contribution in [1.82, 2.24) is 0 Å². The Bertz CT molecular complexity index is 126. The molecule has 0 bridgehead atoms. The van der Waals surface area contributed by atoms with Gasteiger partial charge in [0, 0.05) is 23.1 Å². The molecule has 2 nitrogen and oxygen atoms in total. The van der Waals surface area contributed by atoms with Crippen LogP contribution in [-0.2, 0) is 10.8 Å². The maximum atomic E-state index is 11.8. The second-order valence-electron chi connectivity index (χ2n) is 1.59. The van der Waals surface area contributed by atoms with Crippen molar-refractivity contribution in [3.05, 3.63) is 12.4 Å². The average molecular weight is 151 g/mol. The third-order valence-electron chi connectivity index (χ3n) is 0.663. The summed E-state index contributed by atoms with van der Waals surface area (Å²) in [5, 5.41) is 0. The van der Waals surface area contributed by atoms with Crippen LogP contribution in [0.3, 0.4) is 0 Å². The molecule has 0 aromatic heterocycles. The van der Waals surface area contributed by atoms with Crippen LogP contribution in [0.15, 0.2) is 12.4 Å². The third kappa shape index (κ3) is 5.65. The molecule has 0 aliphatic heterocycles. The molecule has 0 rings (SSSR count). The molecule has 4 heteroatoms. The fourth-order valence-electron chi connectivity index (χ4n) is 0.378. The van der Waals surface area contributed by atoms with Crippen LogP contribution in [-0.4, -0.2) is 22.3 Å². The van der Waals surface area contributed by atoms with Gasteiger partial charge in [0.1, 0.15) is 5.83 Å². The normalized spacial score (nSPS) is 13.1. The molecular formula is C5H10FNOS. The van der Waals surface area contributed by atoms with Crippen molar-refractivity contribution in [1.29, 1.82) is 0 Å². The Morgan fingerprint density at radius 3 is 2.67 bits per heavy atom. The van der Waals surface area contributed by atoms with Crippen LogP contribution in [0.25, 0.3) is 0 Å². The predicted octanol–water partition coefficient (Wildman–Crippen LogP) is 0.177. The summed E-state index contributed by atoms with van der Waals surface area (Å²) in [7, 11) is -1.15. The number of halogens is 1. The van der Waals surface area contributed by atoms with Crippen LogP contribution < -0.4 is 5.73 Å². The van der Waals surface area contributed by atoms with Crippen LogP contribution >= 0.6 is 0 Å². The summed E-state index contributed by atoms with van der Waals surface area (Å²) in [6, 6.07) is 0. The zero-order chi connectivity index (χ0) is 7.28. The minimum Gasteiger partial charge on any atom is -0.330 e. The lowest BCUT2D eigenvalue weighted by Gasteiger charge is -1.94. The second-order valence-corrected chi connectivity index (χ2v) is 3.17. The summed E-state index contributed by atoms with van der Waals surface area (Å²) in [5.74, 6) is -0.262. The van der Waals surface area contributed by atoms with E-state index in [0.717, 1.165) is 0 Å². The minimum atomic E-state index is -1.15. The smallest absolute Gasteiger partial charge is 0.105 e. The molecule has 0 aromatic rings. The van der Waals surface area contributed by atoms with E-state index in [0.29, 0.717) is 12.3 Å². The van der Waals surface area contributed by atoms with E-state index in [2.05, 4.69) is 6.58 Å². The molecule has 2 N–H and O–H groups in total. The van der Waals surface area contributed by atoms with E-state index in [1.807, 2.05) is 0 Å². The van der Waals surface area contributed by atoms with Gasteiger partial charge in [-0.3, -0.25) is 4.21 Å². The van der Waals surface area contributed by atoms with Gasteiger partial charge in [-0.05, 0) is 0 Å². The Balaban J connectivity index is 3.39. The molecule has 1 unspecified atom stereocenters. The van der Waals surface area contributed by atoms with E-state index < -0.39 is 16.6 Å². The van der Waals surface area contributed by atoms with E-state index >= 15 is 0 Å². The van der Waals surface area contributed by atoms with Gasteiger partial charge < -0.3 is 5.73 Å². The van der Waals surface area contributed by atoms with Crippen LogP contribution in [0, 0.1) is 0 Å². The lowest BCUT2D eigenvalue weighted by molar-refractivity contribution is 0.637. The summed E-state index contributed by atoms with van der Waals surface area (Å²) < 4.78 is 22.4.